The Morgan fingerprint density at radius 1 is 1.00 bits per heavy atom. The van der Waals surface area contributed by atoms with Crippen LogP contribution in [0.4, 0.5) is 17.6 Å². The highest BCUT2D eigenvalue weighted by Gasteiger charge is 2.33. The summed E-state index contributed by atoms with van der Waals surface area (Å²) < 4.78 is 52.6. The summed E-state index contributed by atoms with van der Waals surface area (Å²) in [6.07, 6.45) is -4.12. The zero-order valence-electron chi connectivity index (χ0n) is 10.5. The number of hydrogen-bond acceptors (Lipinski definition) is 1. The van der Waals surface area contributed by atoms with E-state index in [0.717, 1.165) is 12.1 Å². The van der Waals surface area contributed by atoms with E-state index in [9.17, 15) is 17.6 Å². The fraction of sp³-hybridized carbons (Fsp3) is 0.200. The van der Waals surface area contributed by atoms with E-state index in [1.807, 2.05) is 0 Å². The van der Waals surface area contributed by atoms with Gasteiger partial charge in [-0.1, -0.05) is 30.3 Å². The molecule has 0 heterocycles. The maximum absolute atomic E-state index is 13.8. The van der Waals surface area contributed by atoms with E-state index >= 15 is 0 Å². The van der Waals surface area contributed by atoms with Gasteiger partial charge in [0.1, 0.15) is 5.82 Å². The van der Waals surface area contributed by atoms with Crippen LogP contribution in [0, 0.1) is 5.82 Å². The van der Waals surface area contributed by atoms with Gasteiger partial charge in [-0.15, -0.1) is 0 Å². The summed E-state index contributed by atoms with van der Waals surface area (Å²) in [5, 5.41) is 0. The van der Waals surface area contributed by atoms with Crippen molar-refractivity contribution in [3.05, 3.63) is 59.4 Å². The molecule has 2 aromatic rings. The molecule has 20 heavy (non-hydrogen) atoms. The molecule has 0 aliphatic rings. The summed E-state index contributed by atoms with van der Waals surface area (Å²) in [6, 6.07) is 9.21. The van der Waals surface area contributed by atoms with Gasteiger partial charge in [-0.05, 0) is 41.8 Å². The number of benzene rings is 2. The number of alkyl halides is 3. The highest BCUT2D eigenvalue weighted by molar-refractivity contribution is 5.68. The SMILES string of the molecule is NCCc1ccc(-c2ccccc2C(F)(F)F)cc1F. The van der Waals surface area contributed by atoms with Crippen LogP contribution in [0.25, 0.3) is 11.1 Å². The molecule has 0 spiro atoms. The number of halogens is 4. The molecule has 5 heteroatoms. The third-order valence-corrected chi connectivity index (χ3v) is 3.01. The molecule has 0 aliphatic heterocycles. The monoisotopic (exact) mass is 283 g/mol. The largest absolute Gasteiger partial charge is 0.417 e. The lowest BCUT2D eigenvalue weighted by Crippen LogP contribution is -2.07. The average molecular weight is 283 g/mol. The van der Waals surface area contributed by atoms with E-state index in [1.165, 1.54) is 30.3 Å². The lowest BCUT2D eigenvalue weighted by atomic mass is 9.97. The molecule has 0 saturated heterocycles. The van der Waals surface area contributed by atoms with Crippen LogP contribution in [-0.4, -0.2) is 6.54 Å². The second-order valence-corrected chi connectivity index (χ2v) is 4.39. The molecule has 0 unspecified atom stereocenters. The Balaban J connectivity index is 2.50. The first-order valence-corrected chi connectivity index (χ1v) is 6.08. The van der Waals surface area contributed by atoms with Gasteiger partial charge in [0.2, 0.25) is 0 Å². The molecular formula is C15H13F4N. The maximum atomic E-state index is 13.8. The quantitative estimate of drug-likeness (QED) is 0.846. The van der Waals surface area contributed by atoms with Gasteiger partial charge < -0.3 is 5.73 Å². The molecule has 2 rings (SSSR count). The van der Waals surface area contributed by atoms with E-state index in [2.05, 4.69) is 0 Å². The van der Waals surface area contributed by atoms with Crippen molar-refractivity contribution in [1.29, 1.82) is 0 Å². The van der Waals surface area contributed by atoms with Crippen LogP contribution in [-0.2, 0) is 12.6 Å². The molecule has 0 fully saturated rings. The first kappa shape index (κ1) is 14.5. The third-order valence-electron chi connectivity index (χ3n) is 3.01. The summed E-state index contributed by atoms with van der Waals surface area (Å²) >= 11 is 0. The number of nitrogens with two attached hydrogens (primary N) is 1. The van der Waals surface area contributed by atoms with Crippen molar-refractivity contribution < 1.29 is 17.6 Å². The molecule has 0 bridgehead atoms. The van der Waals surface area contributed by atoms with Crippen LogP contribution in [0.5, 0.6) is 0 Å². The zero-order chi connectivity index (χ0) is 14.8. The minimum atomic E-state index is -4.47. The summed E-state index contributed by atoms with van der Waals surface area (Å²) in [5.41, 5.74) is 5.15. The van der Waals surface area contributed by atoms with E-state index in [0.29, 0.717) is 12.0 Å². The fourth-order valence-electron chi connectivity index (χ4n) is 2.06. The van der Waals surface area contributed by atoms with Crippen molar-refractivity contribution in [3.8, 4) is 11.1 Å². The second-order valence-electron chi connectivity index (χ2n) is 4.39. The summed E-state index contributed by atoms with van der Waals surface area (Å²) in [6.45, 7) is 0.287. The Hall–Kier alpha value is -1.88. The summed E-state index contributed by atoms with van der Waals surface area (Å²) in [7, 11) is 0. The predicted octanol–water partition coefficient (Wildman–Crippen LogP) is 4.01. The van der Waals surface area contributed by atoms with Gasteiger partial charge in [-0.2, -0.15) is 13.2 Å². The van der Waals surface area contributed by atoms with Crippen LogP contribution in [0.3, 0.4) is 0 Å². The van der Waals surface area contributed by atoms with Crippen LogP contribution < -0.4 is 5.73 Å². The summed E-state index contributed by atoms with van der Waals surface area (Å²) in [5.74, 6) is -0.537. The van der Waals surface area contributed by atoms with Gasteiger partial charge in [-0.3, -0.25) is 0 Å². The molecule has 0 radical (unpaired) electrons. The first-order chi connectivity index (χ1) is 9.43. The van der Waals surface area contributed by atoms with Crippen molar-refractivity contribution in [1.82, 2.24) is 0 Å². The van der Waals surface area contributed by atoms with Crippen LogP contribution in [0.2, 0.25) is 0 Å². The van der Waals surface area contributed by atoms with Crippen molar-refractivity contribution in [2.75, 3.05) is 6.54 Å². The standard InChI is InChI=1S/C15H13F4N/c16-14-9-11(6-5-10(14)7-8-20)12-3-1-2-4-13(12)15(17,18)19/h1-6,9H,7-8,20H2. The molecule has 2 aromatic carbocycles. The highest BCUT2D eigenvalue weighted by atomic mass is 19.4. The van der Waals surface area contributed by atoms with Crippen LogP contribution >= 0.6 is 0 Å². The van der Waals surface area contributed by atoms with Crippen molar-refractivity contribution in [3.63, 3.8) is 0 Å². The van der Waals surface area contributed by atoms with Gasteiger partial charge in [0.25, 0.3) is 0 Å². The molecule has 0 saturated carbocycles. The lowest BCUT2D eigenvalue weighted by Gasteiger charge is -2.13. The highest BCUT2D eigenvalue weighted by Crippen LogP contribution is 2.37. The van der Waals surface area contributed by atoms with E-state index < -0.39 is 17.6 Å². The number of hydrogen-bond donors (Lipinski definition) is 1. The Bertz CT molecular complexity index is 605. The van der Waals surface area contributed by atoms with E-state index in [1.54, 1.807) is 0 Å². The topological polar surface area (TPSA) is 26.0 Å². The van der Waals surface area contributed by atoms with Gasteiger partial charge in [0, 0.05) is 0 Å². The minimum Gasteiger partial charge on any atom is -0.330 e. The van der Waals surface area contributed by atoms with E-state index in [4.69, 9.17) is 5.73 Å². The van der Waals surface area contributed by atoms with Gasteiger partial charge in [0.05, 0.1) is 5.56 Å². The van der Waals surface area contributed by atoms with Crippen LogP contribution in [0.15, 0.2) is 42.5 Å². The van der Waals surface area contributed by atoms with Gasteiger partial charge in [-0.25, -0.2) is 4.39 Å². The molecular weight excluding hydrogens is 270 g/mol. The first-order valence-electron chi connectivity index (χ1n) is 6.08. The molecule has 0 aliphatic carbocycles. The second kappa shape index (κ2) is 5.63. The van der Waals surface area contributed by atoms with Crippen molar-refractivity contribution >= 4 is 0 Å². The van der Waals surface area contributed by atoms with Gasteiger partial charge in [0.15, 0.2) is 0 Å². The molecule has 2 N–H and O–H groups in total. The molecule has 0 aromatic heterocycles. The predicted molar refractivity (Wildman–Crippen MR) is 69.6 cm³/mol. The minimum absolute atomic E-state index is 0.0294. The zero-order valence-corrected chi connectivity index (χ0v) is 10.5. The van der Waals surface area contributed by atoms with Gasteiger partial charge >= 0.3 is 6.18 Å². The van der Waals surface area contributed by atoms with E-state index in [-0.39, 0.29) is 17.7 Å². The Kier molecular flexibility index (Phi) is 4.09. The van der Waals surface area contributed by atoms with Crippen molar-refractivity contribution in [2.45, 2.75) is 12.6 Å². The maximum Gasteiger partial charge on any atom is 0.417 e. The molecule has 0 atom stereocenters. The Morgan fingerprint density at radius 2 is 1.70 bits per heavy atom. The molecule has 0 amide bonds. The fourth-order valence-corrected chi connectivity index (χ4v) is 2.06. The lowest BCUT2D eigenvalue weighted by molar-refractivity contribution is -0.137. The van der Waals surface area contributed by atoms with Crippen LogP contribution in [0.1, 0.15) is 11.1 Å². The Labute approximate surface area is 114 Å². The molecule has 106 valence electrons. The smallest absolute Gasteiger partial charge is 0.330 e. The summed E-state index contributed by atoms with van der Waals surface area (Å²) in [4.78, 5) is 0. The van der Waals surface area contributed by atoms with Crippen molar-refractivity contribution in [2.24, 2.45) is 5.73 Å². The average Bonchev–Trinajstić information content (AvgIpc) is 2.40. The molecule has 1 nitrogen and oxygen atoms in total. The normalized spacial score (nSPS) is 11.7. The third kappa shape index (κ3) is 2.99. The Morgan fingerprint density at radius 3 is 2.30 bits per heavy atom. The number of rotatable bonds is 3.